The average molecular weight is 475 g/mol. The lowest BCUT2D eigenvalue weighted by Gasteiger charge is -2.21. The molecule has 2 aromatic heterocycles. The van der Waals surface area contributed by atoms with Gasteiger partial charge in [-0.1, -0.05) is 47.7 Å². The molecule has 0 amide bonds. The lowest BCUT2D eigenvalue weighted by Crippen LogP contribution is -2.27. The number of anilines is 2. The number of benzene rings is 2. The lowest BCUT2D eigenvalue weighted by molar-refractivity contribution is 0.143. The number of fused-ring (bicyclic) bond motifs is 1. The summed E-state index contributed by atoms with van der Waals surface area (Å²) in [6.45, 7) is 4.99. The fourth-order valence-corrected chi connectivity index (χ4v) is 3.69. The number of aliphatic hydroxyl groups is 1. The quantitative estimate of drug-likeness (QED) is 0.386. The van der Waals surface area contributed by atoms with E-state index in [-0.39, 0.29) is 11.4 Å². The number of nitrogen functional groups attached to an aromatic ring is 1. The maximum Gasteiger partial charge on any atom is 0.267 e. The van der Waals surface area contributed by atoms with Gasteiger partial charge in [-0.15, -0.1) is 0 Å². The molecule has 2 aromatic carbocycles. The largest absolute Gasteiger partial charge is 0.382 e. The number of hydrogen-bond acceptors (Lipinski definition) is 7. The molecule has 1 atom stereocenters. The topological polar surface area (TPSA) is 119 Å². The van der Waals surface area contributed by atoms with Crippen molar-refractivity contribution in [1.82, 2.24) is 19.5 Å². The molecule has 0 radical (unpaired) electrons. The maximum atomic E-state index is 13.6. The van der Waals surface area contributed by atoms with Crippen molar-refractivity contribution in [3.63, 3.8) is 0 Å². The number of rotatable bonds is 4. The highest BCUT2D eigenvalue weighted by atomic mass is 35.5. The highest BCUT2D eigenvalue weighted by Crippen LogP contribution is 2.26. The molecule has 0 bridgehead atoms. The molecule has 0 spiro atoms. The van der Waals surface area contributed by atoms with E-state index in [2.05, 4.69) is 27.1 Å². The van der Waals surface area contributed by atoms with Gasteiger partial charge in [-0.2, -0.15) is 0 Å². The van der Waals surface area contributed by atoms with Gasteiger partial charge in [-0.3, -0.25) is 9.36 Å². The predicted molar refractivity (Wildman–Crippen MR) is 134 cm³/mol. The zero-order chi connectivity index (χ0) is 24.5. The van der Waals surface area contributed by atoms with E-state index in [9.17, 15) is 9.90 Å². The summed E-state index contributed by atoms with van der Waals surface area (Å²) in [4.78, 5) is 26.6. The van der Waals surface area contributed by atoms with Crippen LogP contribution in [-0.4, -0.2) is 30.2 Å². The van der Waals surface area contributed by atoms with Crippen LogP contribution in [0.2, 0.25) is 5.02 Å². The van der Waals surface area contributed by atoms with Crippen LogP contribution < -0.4 is 16.6 Å². The van der Waals surface area contributed by atoms with Crippen LogP contribution >= 0.6 is 11.6 Å². The molecule has 0 saturated heterocycles. The van der Waals surface area contributed by atoms with Gasteiger partial charge in [0.2, 0.25) is 0 Å². The number of para-hydroxylation sites is 1. The number of aromatic nitrogens is 4. The number of halogens is 1. The Balaban J connectivity index is 1.88. The Bertz CT molecular complexity index is 1480. The first-order chi connectivity index (χ1) is 16.2. The summed E-state index contributed by atoms with van der Waals surface area (Å²) < 4.78 is 1.53. The molecule has 172 valence electrons. The van der Waals surface area contributed by atoms with Gasteiger partial charge in [0, 0.05) is 0 Å². The Morgan fingerprint density at radius 2 is 1.88 bits per heavy atom. The first-order valence-electron chi connectivity index (χ1n) is 10.5. The van der Waals surface area contributed by atoms with Gasteiger partial charge in [0.25, 0.3) is 5.56 Å². The fourth-order valence-electron chi connectivity index (χ4n) is 3.44. The van der Waals surface area contributed by atoms with E-state index in [1.54, 1.807) is 32.0 Å². The van der Waals surface area contributed by atoms with Crippen LogP contribution in [0.1, 0.15) is 38.2 Å². The molecule has 34 heavy (non-hydrogen) atoms. The SMILES string of the molecule is CC(Nc1ncnc(N)c1C#CC(C)(C)O)c1nc2cccc(Cl)c2c(=O)n1-c1ccccc1. The standard InChI is InChI=1S/C25H23ClN6O2/c1-15(30-22-17(12-13-25(2,3)34)21(27)28-14-29-22)23-31-19-11-7-10-18(26)20(19)24(33)32(23)16-8-5-4-6-9-16/h4-11,14-15,34H,1-3H3,(H3,27,28,29,30). The summed E-state index contributed by atoms with van der Waals surface area (Å²) in [6, 6.07) is 13.9. The smallest absolute Gasteiger partial charge is 0.267 e. The van der Waals surface area contributed by atoms with Crippen molar-refractivity contribution in [2.45, 2.75) is 32.4 Å². The van der Waals surface area contributed by atoms with Crippen LogP contribution in [0.5, 0.6) is 0 Å². The third-order valence-corrected chi connectivity index (χ3v) is 5.31. The van der Waals surface area contributed by atoms with Gasteiger partial charge < -0.3 is 16.2 Å². The predicted octanol–water partition coefficient (Wildman–Crippen LogP) is 3.71. The molecule has 0 aliphatic heterocycles. The highest BCUT2D eigenvalue weighted by molar-refractivity contribution is 6.35. The van der Waals surface area contributed by atoms with Crippen LogP contribution in [0.15, 0.2) is 59.7 Å². The second-order valence-electron chi connectivity index (χ2n) is 8.24. The molecule has 8 nitrogen and oxygen atoms in total. The van der Waals surface area contributed by atoms with Gasteiger partial charge in [0.15, 0.2) is 0 Å². The van der Waals surface area contributed by atoms with Gasteiger partial charge >= 0.3 is 0 Å². The Kier molecular flexibility index (Phi) is 6.24. The van der Waals surface area contributed by atoms with Crippen molar-refractivity contribution in [2.24, 2.45) is 0 Å². The number of nitrogens with zero attached hydrogens (tertiary/aromatic N) is 4. The van der Waals surface area contributed by atoms with Crippen LogP contribution in [0.25, 0.3) is 16.6 Å². The normalized spacial score (nSPS) is 12.1. The second kappa shape index (κ2) is 9.14. The molecule has 2 heterocycles. The molecule has 4 rings (SSSR count). The molecular formula is C25H23ClN6O2. The molecule has 4 aromatic rings. The molecule has 1 unspecified atom stereocenters. The number of nitrogens with two attached hydrogens (primary N) is 1. The molecule has 0 fully saturated rings. The summed E-state index contributed by atoms with van der Waals surface area (Å²) in [5, 5.41) is 13.9. The minimum atomic E-state index is -1.22. The van der Waals surface area contributed by atoms with Gasteiger partial charge in [-0.05, 0) is 45.0 Å². The summed E-state index contributed by atoms with van der Waals surface area (Å²) in [6.07, 6.45) is 1.32. The number of hydrogen-bond donors (Lipinski definition) is 3. The van der Waals surface area contributed by atoms with Crippen molar-refractivity contribution in [1.29, 1.82) is 0 Å². The van der Waals surface area contributed by atoms with Crippen LogP contribution in [0.3, 0.4) is 0 Å². The highest BCUT2D eigenvalue weighted by Gasteiger charge is 2.21. The van der Waals surface area contributed by atoms with Gasteiger partial charge in [0.05, 0.1) is 27.7 Å². The molecular weight excluding hydrogens is 452 g/mol. The monoisotopic (exact) mass is 474 g/mol. The van der Waals surface area contributed by atoms with Crippen molar-refractivity contribution < 1.29 is 5.11 Å². The zero-order valence-electron chi connectivity index (χ0n) is 18.9. The Morgan fingerprint density at radius 3 is 2.59 bits per heavy atom. The first-order valence-corrected chi connectivity index (χ1v) is 10.9. The zero-order valence-corrected chi connectivity index (χ0v) is 19.6. The van der Waals surface area contributed by atoms with Crippen molar-refractivity contribution in [3.05, 3.63) is 81.6 Å². The third-order valence-electron chi connectivity index (χ3n) is 5.00. The average Bonchev–Trinajstić information content (AvgIpc) is 2.78. The van der Waals surface area contributed by atoms with Crippen LogP contribution in [-0.2, 0) is 0 Å². The van der Waals surface area contributed by atoms with Crippen molar-refractivity contribution in [3.8, 4) is 17.5 Å². The summed E-state index contributed by atoms with van der Waals surface area (Å²) >= 11 is 6.36. The molecule has 9 heteroatoms. The summed E-state index contributed by atoms with van der Waals surface area (Å²) in [5.74, 6) is 6.56. The Morgan fingerprint density at radius 1 is 1.15 bits per heavy atom. The second-order valence-corrected chi connectivity index (χ2v) is 8.64. The molecule has 0 saturated carbocycles. The van der Waals surface area contributed by atoms with E-state index < -0.39 is 11.6 Å². The van der Waals surface area contributed by atoms with Crippen LogP contribution in [0.4, 0.5) is 11.6 Å². The van der Waals surface area contributed by atoms with Crippen LogP contribution in [0, 0.1) is 11.8 Å². The Hall–Kier alpha value is -3.93. The Labute approximate surface area is 201 Å². The molecule has 0 aliphatic carbocycles. The lowest BCUT2D eigenvalue weighted by atomic mass is 10.1. The van der Waals surface area contributed by atoms with Crippen molar-refractivity contribution in [2.75, 3.05) is 11.1 Å². The van der Waals surface area contributed by atoms with E-state index in [0.29, 0.717) is 38.8 Å². The molecule has 0 aliphatic rings. The van der Waals surface area contributed by atoms with E-state index in [0.717, 1.165) is 0 Å². The number of nitrogens with one attached hydrogen (secondary N) is 1. The van der Waals surface area contributed by atoms with Crippen molar-refractivity contribution >= 4 is 34.1 Å². The summed E-state index contributed by atoms with van der Waals surface area (Å²) in [7, 11) is 0. The molecule has 4 N–H and O–H groups in total. The minimum Gasteiger partial charge on any atom is -0.382 e. The van der Waals surface area contributed by atoms with E-state index in [4.69, 9.17) is 22.3 Å². The van der Waals surface area contributed by atoms with E-state index >= 15 is 0 Å². The third kappa shape index (κ3) is 4.71. The van der Waals surface area contributed by atoms with Gasteiger partial charge in [-0.25, -0.2) is 15.0 Å². The van der Waals surface area contributed by atoms with E-state index in [1.165, 1.54) is 10.9 Å². The van der Waals surface area contributed by atoms with E-state index in [1.807, 2.05) is 37.3 Å². The summed E-state index contributed by atoms with van der Waals surface area (Å²) in [5.41, 5.74) is 6.01. The maximum absolute atomic E-state index is 13.6. The fraction of sp³-hybridized carbons (Fsp3) is 0.200. The first kappa shape index (κ1) is 23.2. The van der Waals surface area contributed by atoms with Gasteiger partial charge in [0.1, 0.15) is 35.0 Å². The minimum absolute atomic E-state index is 0.167.